The highest BCUT2D eigenvalue weighted by Gasteiger charge is 2.14. The van der Waals surface area contributed by atoms with Crippen LogP contribution in [0.4, 0.5) is 5.82 Å². The van der Waals surface area contributed by atoms with Gasteiger partial charge in [-0.25, -0.2) is 4.98 Å². The minimum absolute atomic E-state index is 0.777. The maximum Gasteiger partial charge on any atom is 0.133 e. The summed E-state index contributed by atoms with van der Waals surface area (Å²) < 4.78 is 5.31. The Morgan fingerprint density at radius 2 is 2.15 bits per heavy atom. The van der Waals surface area contributed by atoms with E-state index in [1.165, 1.54) is 29.7 Å². The molecule has 0 aliphatic carbocycles. The maximum absolute atomic E-state index is 5.31. The molecule has 2 aromatic rings. The molecule has 1 aromatic heterocycles. The van der Waals surface area contributed by atoms with Crippen molar-refractivity contribution in [2.45, 2.75) is 12.8 Å². The number of fused-ring (bicyclic) bond motifs is 1. The molecule has 0 bridgehead atoms. The molecule has 1 aliphatic rings. The van der Waals surface area contributed by atoms with Crippen LogP contribution < -0.4 is 10.1 Å². The van der Waals surface area contributed by atoms with Gasteiger partial charge < -0.3 is 10.1 Å². The summed E-state index contributed by atoms with van der Waals surface area (Å²) in [5.74, 6) is 5.22. The molecular weight excluding hydrogens is 268 g/mol. The van der Waals surface area contributed by atoms with Crippen molar-refractivity contribution in [2.24, 2.45) is 5.92 Å². The first-order valence-electron chi connectivity index (χ1n) is 7.11. The monoisotopic (exact) mass is 288 g/mol. The Balaban J connectivity index is 1.79. The van der Waals surface area contributed by atoms with E-state index in [0.29, 0.717) is 0 Å². The number of nitrogens with one attached hydrogen (secondary N) is 1. The smallest absolute Gasteiger partial charge is 0.133 e. The molecule has 20 heavy (non-hydrogen) atoms. The summed E-state index contributed by atoms with van der Waals surface area (Å²) >= 11 is 2.07. The first-order valence-corrected chi connectivity index (χ1v) is 8.26. The molecule has 0 radical (unpaired) electrons. The number of aromatic nitrogens is 1. The number of anilines is 1. The first-order chi connectivity index (χ1) is 9.86. The normalized spacial score (nSPS) is 16.2. The van der Waals surface area contributed by atoms with Gasteiger partial charge in [-0.2, -0.15) is 11.8 Å². The molecule has 2 heterocycles. The van der Waals surface area contributed by atoms with Gasteiger partial charge in [0.05, 0.1) is 7.11 Å². The highest BCUT2D eigenvalue weighted by molar-refractivity contribution is 7.99. The van der Waals surface area contributed by atoms with Crippen LogP contribution in [0.2, 0.25) is 0 Å². The molecule has 0 unspecified atom stereocenters. The molecule has 1 aromatic carbocycles. The second kappa shape index (κ2) is 6.35. The van der Waals surface area contributed by atoms with Gasteiger partial charge >= 0.3 is 0 Å². The van der Waals surface area contributed by atoms with Crippen LogP contribution in [0, 0.1) is 5.92 Å². The molecule has 0 spiro atoms. The molecule has 3 nitrogen and oxygen atoms in total. The van der Waals surface area contributed by atoms with E-state index in [-0.39, 0.29) is 0 Å². The predicted octanol–water partition coefficient (Wildman–Crippen LogP) is 3.80. The Morgan fingerprint density at radius 1 is 1.30 bits per heavy atom. The van der Waals surface area contributed by atoms with Crippen molar-refractivity contribution in [3.8, 4) is 5.75 Å². The fourth-order valence-electron chi connectivity index (χ4n) is 2.61. The third-order valence-electron chi connectivity index (χ3n) is 3.87. The number of methoxy groups -OCH3 is 1. The summed E-state index contributed by atoms with van der Waals surface area (Å²) in [6.45, 7) is 1.02. The number of thioether (sulfide) groups is 1. The molecule has 106 valence electrons. The van der Waals surface area contributed by atoms with E-state index in [1.54, 1.807) is 7.11 Å². The SMILES string of the molecule is COc1ccc2ccnc(NCC3CCSCC3)c2c1. The van der Waals surface area contributed by atoms with Gasteiger partial charge in [0.25, 0.3) is 0 Å². The van der Waals surface area contributed by atoms with E-state index in [9.17, 15) is 0 Å². The molecule has 0 atom stereocenters. The van der Waals surface area contributed by atoms with E-state index in [0.717, 1.165) is 29.4 Å². The fraction of sp³-hybridized carbons (Fsp3) is 0.438. The summed E-state index contributed by atoms with van der Waals surface area (Å²) in [7, 11) is 1.70. The van der Waals surface area contributed by atoms with Gasteiger partial charge in [-0.3, -0.25) is 0 Å². The molecule has 1 aliphatic heterocycles. The van der Waals surface area contributed by atoms with Crippen LogP contribution in [0.3, 0.4) is 0 Å². The largest absolute Gasteiger partial charge is 0.497 e. The van der Waals surface area contributed by atoms with E-state index in [1.807, 2.05) is 18.3 Å². The Labute approximate surface area is 124 Å². The van der Waals surface area contributed by atoms with Crippen molar-refractivity contribution in [3.63, 3.8) is 0 Å². The molecule has 0 amide bonds. The topological polar surface area (TPSA) is 34.1 Å². The summed E-state index contributed by atoms with van der Waals surface area (Å²) in [4.78, 5) is 4.49. The standard InChI is InChI=1S/C16H20N2OS/c1-19-14-3-2-13-4-7-17-16(15(13)10-14)18-11-12-5-8-20-9-6-12/h2-4,7,10,12H,5-6,8-9,11H2,1H3,(H,17,18). The summed E-state index contributed by atoms with van der Waals surface area (Å²) in [6, 6.07) is 8.17. The van der Waals surface area contributed by atoms with Gasteiger partial charge in [-0.05, 0) is 53.9 Å². The maximum atomic E-state index is 5.31. The zero-order chi connectivity index (χ0) is 13.8. The zero-order valence-corrected chi connectivity index (χ0v) is 12.6. The van der Waals surface area contributed by atoms with Gasteiger partial charge in [0, 0.05) is 18.1 Å². The Bertz CT molecular complexity index is 582. The lowest BCUT2D eigenvalue weighted by Crippen LogP contribution is -2.19. The lowest BCUT2D eigenvalue weighted by Gasteiger charge is -2.22. The Kier molecular flexibility index (Phi) is 4.31. The van der Waals surface area contributed by atoms with E-state index < -0.39 is 0 Å². The lowest BCUT2D eigenvalue weighted by atomic mass is 10.0. The van der Waals surface area contributed by atoms with Crippen molar-refractivity contribution < 1.29 is 4.74 Å². The van der Waals surface area contributed by atoms with Crippen molar-refractivity contribution in [3.05, 3.63) is 30.5 Å². The first kappa shape index (κ1) is 13.6. The molecule has 1 saturated heterocycles. The number of pyridine rings is 1. The highest BCUT2D eigenvalue weighted by atomic mass is 32.2. The average Bonchev–Trinajstić information content (AvgIpc) is 2.53. The third-order valence-corrected chi connectivity index (χ3v) is 4.92. The lowest BCUT2D eigenvalue weighted by molar-refractivity contribution is 0.415. The van der Waals surface area contributed by atoms with Crippen LogP contribution in [-0.4, -0.2) is 30.1 Å². The van der Waals surface area contributed by atoms with E-state index in [4.69, 9.17) is 4.74 Å². The minimum atomic E-state index is 0.777. The predicted molar refractivity (Wildman–Crippen MR) is 86.8 cm³/mol. The van der Waals surface area contributed by atoms with Crippen molar-refractivity contribution >= 4 is 28.4 Å². The highest BCUT2D eigenvalue weighted by Crippen LogP contribution is 2.27. The van der Waals surface area contributed by atoms with Gasteiger partial charge in [-0.15, -0.1) is 0 Å². The van der Waals surface area contributed by atoms with E-state index >= 15 is 0 Å². The number of hydrogen-bond donors (Lipinski definition) is 1. The van der Waals surface area contributed by atoms with Gasteiger partial charge in [-0.1, -0.05) is 6.07 Å². The quantitative estimate of drug-likeness (QED) is 0.928. The Hall–Kier alpha value is -1.42. The fourth-order valence-corrected chi connectivity index (χ4v) is 3.81. The summed E-state index contributed by atoms with van der Waals surface area (Å²) in [5, 5.41) is 5.87. The van der Waals surface area contributed by atoms with Gasteiger partial charge in [0.2, 0.25) is 0 Å². The molecule has 4 heteroatoms. The molecule has 0 saturated carbocycles. The van der Waals surface area contributed by atoms with Crippen molar-refractivity contribution in [1.29, 1.82) is 0 Å². The van der Waals surface area contributed by atoms with E-state index in [2.05, 4.69) is 34.2 Å². The molecule has 3 rings (SSSR count). The van der Waals surface area contributed by atoms with Gasteiger partial charge in [0.15, 0.2) is 0 Å². The second-order valence-corrected chi connectivity index (χ2v) is 6.41. The molecule has 1 fully saturated rings. The van der Waals surface area contributed by atoms with Crippen LogP contribution in [0.1, 0.15) is 12.8 Å². The average molecular weight is 288 g/mol. The zero-order valence-electron chi connectivity index (χ0n) is 11.8. The van der Waals surface area contributed by atoms with Crippen molar-refractivity contribution in [1.82, 2.24) is 4.98 Å². The molecule has 1 N–H and O–H groups in total. The third kappa shape index (κ3) is 3.01. The van der Waals surface area contributed by atoms with Crippen LogP contribution >= 0.6 is 11.8 Å². The van der Waals surface area contributed by atoms with Crippen LogP contribution in [-0.2, 0) is 0 Å². The summed E-state index contributed by atoms with van der Waals surface area (Å²) in [6.07, 6.45) is 4.49. The molecular formula is C16H20N2OS. The number of rotatable bonds is 4. The van der Waals surface area contributed by atoms with Gasteiger partial charge in [0.1, 0.15) is 11.6 Å². The van der Waals surface area contributed by atoms with Crippen molar-refractivity contribution in [2.75, 3.05) is 30.5 Å². The minimum Gasteiger partial charge on any atom is -0.497 e. The number of hydrogen-bond acceptors (Lipinski definition) is 4. The summed E-state index contributed by atoms with van der Waals surface area (Å²) in [5.41, 5.74) is 0. The second-order valence-electron chi connectivity index (χ2n) is 5.18. The Morgan fingerprint density at radius 3 is 2.95 bits per heavy atom. The number of benzene rings is 1. The van der Waals surface area contributed by atoms with Crippen LogP contribution in [0.5, 0.6) is 5.75 Å². The number of ether oxygens (including phenoxy) is 1. The number of nitrogens with zero attached hydrogens (tertiary/aromatic N) is 1. The van der Waals surface area contributed by atoms with Crippen LogP contribution in [0.15, 0.2) is 30.5 Å². The van der Waals surface area contributed by atoms with Crippen LogP contribution in [0.25, 0.3) is 10.8 Å².